The zero-order valence-corrected chi connectivity index (χ0v) is 16.1. The summed E-state index contributed by atoms with van der Waals surface area (Å²) >= 11 is 1.30. The van der Waals surface area contributed by atoms with Crippen molar-refractivity contribution in [2.75, 3.05) is 6.54 Å². The van der Waals surface area contributed by atoms with E-state index in [-0.39, 0.29) is 12.0 Å². The zero-order valence-electron chi connectivity index (χ0n) is 15.3. The highest BCUT2D eigenvalue weighted by Crippen LogP contribution is 2.30. The third kappa shape index (κ3) is 7.31. The molecule has 0 saturated heterocycles. The van der Waals surface area contributed by atoms with Gasteiger partial charge in [0.2, 0.25) is 5.91 Å². The second-order valence-electron chi connectivity index (χ2n) is 6.11. The van der Waals surface area contributed by atoms with Gasteiger partial charge in [-0.05, 0) is 36.6 Å². The maximum absolute atomic E-state index is 12.8. The normalized spacial score (nSPS) is 11.9. The smallest absolute Gasteiger partial charge is 0.352 e. The zero-order chi connectivity index (χ0) is 21.3. The van der Waals surface area contributed by atoms with Crippen LogP contribution in [0.2, 0.25) is 0 Å². The van der Waals surface area contributed by atoms with Crippen LogP contribution in [0.4, 0.5) is 13.2 Å². The van der Waals surface area contributed by atoms with Crippen LogP contribution in [0.15, 0.2) is 35.8 Å². The molecule has 156 valence electrons. The Balaban J connectivity index is 2.03. The lowest BCUT2D eigenvalue weighted by atomic mass is 10.0. The number of alkyl halides is 3. The maximum atomic E-state index is 12.8. The number of carbonyl (C=O) groups excluding carboxylic acids is 2. The Morgan fingerprint density at radius 1 is 1.14 bits per heavy atom. The van der Waals surface area contributed by atoms with Crippen molar-refractivity contribution in [3.05, 3.63) is 52.0 Å². The molecule has 10 heteroatoms. The Morgan fingerprint density at radius 2 is 1.86 bits per heavy atom. The number of aromatic nitrogens is 1. The summed E-state index contributed by atoms with van der Waals surface area (Å²) in [4.78, 5) is 27.6. The SMILES string of the molecule is O=C(CCCCCNC(=O)/C(=C\c1nccs1)c1ccc(C(F)(F)F)cc1)NO. The van der Waals surface area contributed by atoms with Gasteiger partial charge in [-0.25, -0.2) is 10.5 Å². The van der Waals surface area contributed by atoms with Crippen LogP contribution in [0.25, 0.3) is 11.6 Å². The molecule has 2 aromatic rings. The minimum Gasteiger partial charge on any atom is -0.352 e. The van der Waals surface area contributed by atoms with E-state index in [0.717, 1.165) is 12.1 Å². The molecule has 0 spiro atoms. The first-order chi connectivity index (χ1) is 13.8. The molecule has 0 aliphatic rings. The number of carbonyl (C=O) groups is 2. The molecule has 0 fully saturated rings. The van der Waals surface area contributed by atoms with Gasteiger partial charge >= 0.3 is 6.18 Å². The van der Waals surface area contributed by atoms with Crippen molar-refractivity contribution in [3.8, 4) is 0 Å². The van der Waals surface area contributed by atoms with Crippen molar-refractivity contribution in [1.29, 1.82) is 0 Å². The molecule has 0 saturated carbocycles. The highest BCUT2D eigenvalue weighted by Gasteiger charge is 2.30. The molecule has 1 aromatic heterocycles. The quantitative estimate of drug-likeness (QED) is 0.245. The number of rotatable bonds is 9. The summed E-state index contributed by atoms with van der Waals surface area (Å²) in [5.41, 5.74) is 1.33. The van der Waals surface area contributed by atoms with Gasteiger partial charge in [0.25, 0.3) is 5.91 Å². The van der Waals surface area contributed by atoms with Gasteiger partial charge in [0, 0.05) is 30.1 Å². The van der Waals surface area contributed by atoms with Crippen LogP contribution in [0.5, 0.6) is 0 Å². The standard InChI is InChI=1S/C19H20F3N3O3S/c20-19(21,22)14-7-5-13(6-8-14)15(12-17-23-10-11-29-17)18(27)24-9-3-1-2-4-16(26)25-28/h5-8,10-12,28H,1-4,9H2,(H,24,27)(H,25,26)/b15-12-. The molecule has 1 aromatic carbocycles. The number of hydroxylamine groups is 1. The topological polar surface area (TPSA) is 91.3 Å². The first kappa shape index (κ1) is 22.6. The molecule has 0 atom stereocenters. The lowest BCUT2D eigenvalue weighted by Gasteiger charge is -2.11. The molecule has 2 rings (SSSR count). The predicted octanol–water partition coefficient (Wildman–Crippen LogP) is 3.88. The average molecular weight is 427 g/mol. The van der Waals surface area contributed by atoms with Crippen molar-refractivity contribution in [2.45, 2.75) is 31.9 Å². The van der Waals surface area contributed by atoms with Crippen LogP contribution in [-0.4, -0.2) is 28.6 Å². The Hall–Kier alpha value is -2.72. The van der Waals surface area contributed by atoms with Gasteiger partial charge in [-0.3, -0.25) is 14.8 Å². The fourth-order valence-electron chi connectivity index (χ4n) is 2.49. The summed E-state index contributed by atoms with van der Waals surface area (Å²) in [6.45, 7) is 0.343. The highest BCUT2D eigenvalue weighted by atomic mass is 32.1. The van der Waals surface area contributed by atoms with E-state index in [1.165, 1.54) is 29.5 Å². The van der Waals surface area contributed by atoms with E-state index in [1.807, 2.05) is 0 Å². The van der Waals surface area contributed by atoms with Crippen LogP contribution in [0.3, 0.4) is 0 Å². The largest absolute Gasteiger partial charge is 0.416 e. The number of hydrogen-bond acceptors (Lipinski definition) is 5. The number of nitrogens with zero attached hydrogens (tertiary/aromatic N) is 1. The van der Waals surface area contributed by atoms with Gasteiger partial charge in [-0.15, -0.1) is 11.3 Å². The van der Waals surface area contributed by atoms with Crippen LogP contribution in [0, 0.1) is 0 Å². The Kier molecular flexibility index (Phi) is 8.34. The van der Waals surface area contributed by atoms with Crippen LogP contribution < -0.4 is 10.8 Å². The molecule has 0 unspecified atom stereocenters. The molecular weight excluding hydrogens is 407 g/mol. The monoisotopic (exact) mass is 427 g/mol. The van der Waals surface area contributed by atoms with Crippen molar-refractivity contribution >= 4 is 34.8 Å². The molecule has 0 bridgehead atoms. The minimum absolute atomic E-state index is 0.186. The fraction of sp³-hybridized carbons (Fsp3) is 0.316. The number of amides is 2. The third-order valence-electron chi connectivity index (χ3n) is 3.98. The first-order valence-corrected chi connectivity index (χ1v) is 9.69. The third-order valence-corrected chi connectivity index (χ3v) is 4.70. The van der Waals surface area contributed by atoms with Crippen LogP contribution in [-0.2, 0) is 15.8 Å². The maximum Gasteiger partial charge on any atom is 0.416 e. The van der Waals surface area contributed by atoms with E-state index < -0.39 is 23.6 Å². The number of benzene rings is 1. The van der Waals surface area contributed by atoms with Gasteiger partial charge in [-0.1, -0.05) is 18.6 Å². The average Bonchev–Trinajstić information content (AvgIpc) is 3.21. The minimum atomic E-state index is -4.45. The molecule has 2 amide bonds. The highest BCUT2D eigenvalue weighted by molar-refractivity contribution is 7.10. The number of unbranched alkanes of at least 4 members (excludes halogenated alkanes) is 2. The van der Waals surface area contributed by atoms with Gasteiger partial charge in [0.15, 0.2) is 0 Å². The molecule has 29 heavy (non-hydrogen) atoms. The summed E-state index contributed by atoms with van der Waals surface area (Å²) in [7, 11) is 0. The number of thiazole rings is 1. The summed E-state index contributed by atoms with van der Waals surface area (Å²) in [5.74, 6) is -0.891. The number of hydrogen-bond donors (Lipinski definition) is 3. The summed E-state index contributed by atoms with van der Waals surface area (Å²) in [6.07, 6.45) is 0.679. The van der Waals surface area contributed by atoms with Crippen molar-refractivity contribution in [3.63, 3.8) is 0 Å². The number of halogens is 3. The lowest BCUT2D eigenvalue weighted by Crippen LogP contribution is -2.25. The van der Waals surface area contributed by atoms with E-state index in [4.69, 9.17) is 5.21 Å². The second-order valence-corrected chi connectivity index (χ2v) is 7.03. The second kappa shape index (κ2) is 10.7. The van der Waals surface area contributed by atoms with E-state index in [2.05, 4.69) is 10.3 Å². The molecule has 3 N–H and O–H groups in total. The van der Waals surface area contributed by atoms with Crippen molar-refractivity contribution < 1.29 is 28.0 Å². The van der Waals surface area contributed by atoms with Gasteiger partial charge in [-0.2, -0.15) is 13.2 Å². The van der Waals surface area contributed by atoms with E-state index >= 15 is 0 Å². The van der Waals surface area contributed by atoms with Crippen LogP contribution in [0.1, 0.15) is 41.8 Å². The Bertz CT molecular complexity index is 835. The summed E-state index contributed by atoms with van der Waals surface area (Å²) in [5, 5.41) is 13.4. The van der Waals surface area contributed by atoms with Crippen molar-refractivity contribution in [1.82, 2.24) is 15.8 Å². The first-order valence-electron chi connectivity index (χ1n) is 8.81. The molecule has 0 aliphatic carbocycles. The van der Waals surface area contributed by atoms with Crippen LogP contribution >= 0.6 is 11.3 Å². The van der Waals surface area contributed by atoms with Gasteiger partial charge in [0.1, 0.15) is 5.01 Å². The molecular formula is C19H20F3N3O3S. The fourth-order valence-corrected chi connectivity index (χ4v) is 3.06. The lowest BCUT2D eigenvalue weighted by molar-refractivity contribution is -0.137. The molecule has 0 radical (unpaired) electrons. The summed E-state index contributed by atoms with van der Waals surface area (Å²) < 4.78 is 38.4. The molecule has 6 nitrogen and oxygen atoms in total. The summed E-state index contributed by atoms with van der Waals surface area (Å²) in [6, 6.07) is 4.39. The Labute approximate surface area is 169 Å². The van der Waals surface area contributed by atoms with E-state index in [1.54, 1.807) is 17.1 Å². The van der Waals surface area contributed by atoms with Gasteiger partial charge < -0.3 is 5.32 Å². The molecule has 0 aliphatic heterocycles. The predicted molar refractivity (Wildman–Crippen MR) is 103 cm³/mol. The van der Waals surface area contributed by atoms with Gasteiger partial charge in [0.05, 0.1) is 5.56 Å². The number of nitrogens with one attached hydrogen (secondary N) is 2. The van der Waals surface area contributed by atoms with E-state index in [9.17, 15) is 22.8 Å². The molecule has 1 heterocycles. The Morgan fingerprint density at radius 3 is 2.45 bits per heavy atom. The van der Waals surface area contributed by atoms with E-state index in [0.29, 0.717) is 36.4 Å². The van der Waals surface area contributed by atoms with Crippen molar-refractivity contribution in [2.24, 2.45) is 0 Å².